The van der Waals surface area contributed by atoms with Gasteiger partial charge in [-0.1, -0.05) is 28.1 Å². The molecule has 0 atom stereocenters. The van der Waals surface area contributed by atoms with Gasteiger partial charge >= 0.3 is 0 Å². The van der Waals surface area contributed by atoms with Gasteiger partial charge in [0.15, 0.2) is 0 Å². The summed E-state index contributed by atoms with van der Waals surface area (Å²) in [7, 11) is 0. The van der Waals surface area contributed by atoms with Gasteiger partial charge in [0.05, 0.1) is 4.92 Å². The Hall–Kier alpha value is -2.21. The third-order valence-electron chi connectivity index (χ3n) is 3.04. The van der Waals surface area contributed by atoms with E-state index in [4.69, 9.17) is 0 Å². The number of nitro benzene ring substituents is 1. The zero-order valence-corrected chi connectivity index (χ0v) is 13.1. The van der Waals surface area contributed by atoms with E-state index >= 15 is 0 Å². The van der Waals surface area contributed by atoms with E-state index in [0.717, 1.165) is 15.6 Å². The molecule has 5 nitrogen and oxygen atoms in total. The molecular formula is C15H13BrN2O3. The summed E-state index contributed by atoms with van der Waals surface area (Å²) in [5.41, 5.74) is 2.11. The molecule has 0 saturated carbocycles. The van der Waals surface area contributed by atoms with Gasteiger partial charge in [0.2, 0.25) is 0 Å². The highest BCUT2D eigenvalue weighted by Gasteiger charge is 2.17. The van der Waals surface area contributed by atoms with Gasteiger partial charge in [0.1, 0.15) is 5.69 Å². The normalized spacial score (nSPS) is 10.2. The van der Waals surface area contributed by atoms with Crippen LogP contribution in [-0.4, -0.2) is 10.8 Å². The van der Waals surface area contributed by atoms with Gasteiger partial charge in [-0.2, -0.15) is 0 Å². The molecule has 0 saturated heterocycles. The molecule has 0 spiro atoms. The number of amides is 1. The van der Waals surface area contributed by atoms with E-state index in [2.05, 4.69) is 21.2 Å². The topological polar surface area (TPSA) is 72.2 Å². The number of nitrogens with zero attached hydrogens (tertiary/aromatic N) is 1. The molecule has 0 heterocycles. The number of hydrogen-bond donors (Lipinski definition) is 1. The number of benzene rings is 2. The van der Waals surface area contributed by atoms with Gasteiger partial charge in [0.25, 0.3) is 11.6 Å². The van der Waals surface area contributed by atoms with Crippen molar-refractivity contribution >= 4 is 33.2 Å². The lowest BCUT2D eigenvalue weighted by Crippen LogP contribution is -2.14. The molecule has 0 fully saturated rings. The van der Waals surface area contributed by atoms with Crippen molar-refractivity contribution in [3.8, 4) is 0 Å². The van der Waals surface area contributed by atoms with Crippen LogP contribution in [0.25, 0.3) is 0 Å². The van der Waals surface area contributed by atoms with Crippen molar-refractivity contribution in [2.75, 3.05) is 5.32 Å². The van der Waals surface area contributed by atoms with Gasteiger partial charge < -0.3 is 5.32 Å². The first-order valence-corrected chi connectivity index (χ1v) is 7.00. The van der Waals surface area contributed by atoms with Crippen LogP contribution in [0.15, 0.2) is 40.9 Å². The number of carbonyl (C=O) groups is 1. The number of nitrogens with one attached hydrogen (secondary N) is 1. The molecule has 21 heavy (non-hydrogen) atoms. The smallest absolute Gasteiger partial charge is 0.293 e. The third-order valence-corrected chi connectivity index (χ3v) is 3.54. The molecule has 0 aliphatic heterocycles. The van der Waals surface area contributed by atoms with Crippen molar-refractivity contribution in [2.24, 2.45) is 0 Å². The number of hydrogen-bond acceptors (Lipinski definition) is 3. The summed E-state index contributed by atoms with van der Waals surface area (Å²) in [6, 6.07) is 10.0. The molecule has 0 bridgehead atoms. The zero-order chi connectivity index (χ0) is 15.6. The van der Waals surface area contributed by atoms with Gasteiger partial charge in [-0.15, -0.1) is 0 Å². The predicted molar refractivity (Wildman–Crippen MR) is 84.7 cm³/mol. The number of halogens is 1. The van der Waals surface area contributed by atoms with E-state index in [1.165, 1.54) is 6.07 Å². The fourth-order valence-electron chi connectivity index (χ4n) is 1.93. The molecule has 2 aromatic rings. The minimum atomic E-state index is -0.504. The van der Waals surface area contributed by atoms with Crippen LogP contribution >= 0.6 is 15.9 Å². The summed E-state index contributed by atoms with van der Waals surface area (Å²) >= 11 is 3.31. The summed E-state index contributed by atoms with van der Waals surface area (Å²) in [5.74, 6) is -0.374. The number of rotatable bonds is 3. The standard InChI is InChI=1S/C15H13BrN2O3/c1-9-3-6-13(14(7-9)18(20)21)17-15(19)12-8-11(16)5-4-10(12)2/h3-8H,1-2H3,(H,17,19). The molecule has 108 valence electrons. The van der Waals surface area contributed by atoms with Crippen molar-refractivity contribution < 1.29 is 9.72 Å². The Kier molecular flexibility index (Phi) is 4.37. The quantitative estimate of drug-likeness (QED) is 0.666. The lowest BCUT2D eigenvalue weighted by molar-refractivity contribution is -0.384. The van der Waals surface area contributed by atoms with Crippen LogP contribution in [0.5, 0.6) is 0 Å². The molecule has 0 aliphatic carbocycles. The Morgan fingerprint density at radius 3 is 2.57 bits per heavy atom. The Bertz CT molecular complexity index is 729. The van der Waals surface area contributed by atoms with Crippen molar-refractivity contribution in [1.29, 1.82) is 0 Å². The van der Waals surface area contributed by atoms with Crippen molar-refractivity contribution in [2.45, 2.75) is 13.8 Å². The van der Waals surface area contributed by atoms with Crippen molar-refractivity contribution in [1.82, 2.24) is 0 Å². The highest BCUT2D eigenvalue weighted by atomic mass is 79.9. The predicted octanol–water partition coefficient (Wildman–Crippen LogP) is 4.23. The molecule has 6 heteroatoms. The van der Waals surface area contributed by atoms with Crippen molar-refractivity contribution in [3.05, 3.63) is 67.7 Å². The highest BCUT2D eigenvalue weighted by Crippen LogP contribution is 2.26. The van der Waals surface area contributed by atoms with E-state index in [1.807, 2.05) is 19.1 Å². The van der Waals surface area contributed by atoms with E-state index in [1.54, 1.807) is 25.1 Å². The molecule has 1 amide bonds. The van der Waals surface area contributed by atoms with Crippen molar-refractivity contribution in [3.63, 3.8) is 0 Å². The van der Waals surface area contributed by atoms with Gasteiger partial charge in [-0.05, 0) is 43.2 Å². The maximum Gasteiger partial charge on any atom is 0.293 e. The number of carbonyl (C=O) groups excluding carboxylic acids is 1. The van der Waals surface area contributed by atoms with Crippen LogP contribution in [0.4, 0.5) is 11.4 Å². The first-order valence-electron chi connectivity index (χ1n) is 6.21. The average Bonchev–Trinajstić information content (AvgIpc) is 2.43. The lowest BCUT2D eigenvalue weighted by atomic mass is 10.1. The zero-order valence-electron chi connectivity index (χ0n) is 11.5. The Morgan fingerprint density at radius 1 is 1.19 bits per heavy atom. The van der Waals surface area contributed by atoms with E-state index in [0.29, 0.717) is 5.56 Å². The second kappa shape index (κ2) is 6.05. The third kappa shape index (κ3) is 3.46. The fourth-order valence-corrected chi connectivity index (χ4v) is 2.29. The molecule has 0 aromatic heterocycles. The van der Waals surface area contributed by atoms with Gasteiger partial charge in [-0.3, -0.25) is 14.9 Å². The number of anilines is 1. The largest absolute Gasteiger partial charge is 0.316 e. The number of aryl methyl sites for hydroxylation is 2. The van der Waals surface area contributed by atoms with Gasteiger partial charge in [0, 0.05) is 16.1 Å². The first kappa shape index (κ1) is 15.2. The van der Waals surface area contributed by atoms with Crippen LogP contribution in [-0.2, 0) is 0 Å². The average molecular weight is 349 g/mol. The first-order chi connectivity index (χ1) is 9.88. The van der Waals surface area contributed by atoms with Crippen LogP contribution in [0, 0.1) is 24.0 Å². The SMILES string of the molecule is Cc1ccc(NC(=O)c2cc(Br)ccc2C)c([N+](=O)[O-])c1. The van der Waals surface area contributed by atoms with Crippen LogP contribution in [0.1, 0.15) is 21.5 Å². The Labute approximate surface area is 130 Å². The maximum absolute atomic E-state index is 12.3. The Morgan fingerprint density at radius 2 is 1.90 bits per heavy atom. The lowest BCUT2D eigenvalue weighted by Gasteiger charge is -2.09. The molecule has 2 aromatic carbocycles. The molecule has 0 unspecified atom stereocenters. The molecule has 2 rings (SSSR count). The highest BCUT2D eigenvalue weighted by molar-refractivity contribution is 9.10. The van der Waals surface area contributed by atoms with Crippen LogP contribution < -0.4 is 5.32 Å². The molecule has 0 aliphatic rings. The molecular weight excluding hydrogens is 336 g/mol. The summed E-state index contributed by atoms with van der Waals surface area (Å²) in [4.78, 5) is 22.8. The minimum Gasteiger partial charge on any atom is -0.316 e. The second-order valence-corrected chi connectivity index (χ2v) is 5.61. The van der Waals surface area contributed by atoms with Crippen LogP contribution in [0.3, 0.4) is 0 Å². The van der Waals surface area contributed by atoms with E-state index in [9.17, 15) is 14.9 Å². The number of nitro groups is 1. The van der Waals surface area contributed by atoms with E-state index < -0.39 is 4.92 Å². The monoisotopic (exact) mass is 348 g/mol. The molecule has 1 N–H and O–H groups in total. The van der Waals surface area contributed by atoms with Crippen LogP contribution in [0.2, 0.25) is 0 Å². The summed E-state index contributed by atoms with van der Waals surface area (Å²) < 4.78 is 0.775. The summed E-state index contributed by atoms with van der Waals surface area (Å²) in [6.07, 6.45) is 0. The summed E-state index contributed by atoms with van der Waals surface area (Å²) in [6.45, 7) is 3.57. The van der Waals surface area contributed by atoms with Gasteiger partial charge in [-0.25, -0.2) is 0 Å². The summed E-state index contributed by atoms with van der Waals surface area (Å²) in [5, 5.41) is 13.7. The molecule has 0 radical (unpaired) electrons. The fraction of sp³-hybridized carbons (Fsp3) is 0.133. The van der Waals surface area contributed by atoms with E-state index in [-0.39, 0.29) is 17.3 Å². The second-order valence-electron chi connectivity index (χ2n) is 4.69. The Balaban J connectivity index is 2.36. The maximum atomic E-state index is 12.3. The minimum absolute atomic E-state index is 0.115.